The van der Waals surface area contributed by atoms with Crippen molar-refractivity contribution in [3.8, 4) is 12.3 Å². The number of anilines is 2. The third-order valence-electron chi connectivity index (χ3n) is 17.3. The third kappa shape index (κ3) is 15.5. The number of allylic oxidation sites excluding steroid dienone is 2. The first-order chi connectivity index (χ1) is 39.9. The molecule has 5 fully saturated rings. The van der Waals surface area contributed by atoms with E-state index in [4.69, 9.17) is 16.3 Å². The first-order valence-corrected chi connectivity index (χ1v) is 29.1. The predicted molar refractivity (Wildman–Crippen MR) is 323 cm³/mol. The van der Waals surface area contributed by atoms with E-state index in [1.54, 1.807) is 43.4 Å². The number of benzene rings is 3. The minimum Gasteiger partial charge on any atom is -0.400 e. The van der Waals surface area contributed by atoms with Crippen molar-refractivity contribution in [2.75, 3.05) is 97.6 Å². The minimum absolute atomic E-state index is 0.0656. The highest BCUT2D eigenvalue weighted by molar-refractivity contribution is 6.29. The molecule has 0 aromatic heterocycles. The molecule has 6 atom stereocenters. The molecule has 19 heteroatoms. The molecule has 6 heterocycles. The van der Waals surface area contributed by atoms with Gasteiger partial charge < -0.3 is 45.3 Å². The zero-order valence-corrected chi connectivity index (χ0v) is 48.6. The lowest BCUT2D eigenvalue weighted by atomic mass is 9.84. The second-order valence-electron chi connectivity index (χ2n) is 22.3. The van der Waals surface area contributed by atoms with Crippen LogP contribution in [0.3, 0.4) is 0 Å². The summed E-state index contributed by atoms with van der Waals surface area (Å²) in [5.74, 6) is 2.93. The molecule has 6 aliphatic heterocycles. The number of nitrogens with one attached hydrogen (secondary N) is 3. The number of fused-ring (bicyclic) bond motifs is 4. The van der Waals surface area contributed by atoms with Crippen LogP contribution in [0, 0.1) is 30.0 Å². The second-order valence-corrected chi connectivity index (χ2v) is 22.3. The lowest BCUT2D eigenvalue weighted by Gasteiger charge is -2.35. The Morgan fingerprint density at radius 2 is 1.76 bits per heavy atom. The number of aliphatic imine (C=N–C) groups is 3. The molecule has 0 radical (unpaired) electrons. The van der Waals surface area contributed by atoms with Gasteiger partial charge in [0.05, 0.1) is 35.2 Å². The number of likely N-dealkylation sites (tertiary alicyclic amines) is 2. The lowest BCUT2D eigenvalue weighted by Crippen LogP contribution is -2.50. The highest BCUT2D eigenvalue weighted by Crippen LogP contribution is 2.38. The molecule has 82 heavy (non-hydrogen) atoms. The molecular formula is C63H85F2N11O6. The lowest BCUT2D eigenvalue weighted by molar-refractivity contribution is -0.120. The number of halogens is 2. The molecule has 0 aliphatic carbocycles. The van der Waals surface area contributed by atoms with E-state index in [1.165, 1.54) is 51.8 Å². The number of hydrogen-bond acceptors (Lipinski definition) is 14. The zero-order chi connectivity index (χ0) is 58.7. The first kappa shape index (κ1) is 62.9. The summed E-state index contributed by atoms with van der Waals surface area (Å²) >= 11 is 0. The summed E-state index contributed by atoms with van der Waals surface area (Å²) in [6.45, 7) is 11.7. The molecular weight excluding hydrogens is 1040 g/mol. The fraction of sp³-hybridized carbons (Fsp3) is 0.540. The summed E-state index contributed by atoms with van der Waals surface area (Å²) in [4.78, 5) is 70.0. The van der Waals surface area contributed by atoms with Crippen molar-refractivity contribution in [3.63, 3.8) is 0 Å². The average molecular weight is 1130 g/mol. The van der Waals surface area contributed by atoms with Crippen molar-refractivity contribution in [1.82, 2.24) is 30.7 Å². The number of carbonyl (C=O) groups excluding carboxylic acids is 4. The van der Waals surface area contributed by atoms with E-state index in [1.807, 2.05) is 30.1 Å². The number of piperidine rings is 1. The summed E-state index contributed by atoms with van der Waals surface area (Å²) in [6, 6.07) is 16.0. The number of aldehydes is 1. The maximum absolute atomic E-state index is 15.9. The summed E-state index contributed by atoms with van der Waals surface area (Å²) < 4.78 is 36.6. The third-order valence-corrected chi connectivity index (χ3v) is 17.3. The Hall–Kier alpha value is -6.69. The van der Waals surface area contributed by atoms with Crippen LogP contribution < -0.4 is 25.8 Å². The number of aliphatic hydroxyl groups is 1. The van der Waals surface area contributed by atoms with Crippen LogP contribution in [0.5, 0.6) is 0 Å². The average Bonchev–Trinajstić information content (AvgIpc) is 4.31. The van der Waals surface area contributed by atoms with Crippen LogP contribution in [-0.2, 0) is 30.5 Å². The van der Waals surface area contributed by atoms with Crippen LogP contribution in [0.1, 0.15) is 100 Å². The smallest absolute Gasteiger partial charge is 0.219 e. The van der Waals surface area contributed by atoms with Crippen LogP contribution in [0.4, 0.5) is 20.2 Å². The van der Waals surface area contributed by atoms with Crippen molar-refractivity contribution in [3.05, 3.63) is 88.3 Å². The quantitative estimate of drug-likeness (QED) is 0.0316. The van der Waals surface area contributed by atoms with Gasteiger partial charge in [-0.15, -0.1) is 6.42 Å². The Morgan fingerprint density at radius 1 is 0.988 bits per heavy atom. The predicted octanol–water partition coefficient (Wildman–Crippen LogP) is 6.91. The number of terminal acetylenes is 1. The van der Waals surface area contributed by atoms with Crippen molar-refractivity contribution < 1.29 is 37.8 Å². The molecule has 6 aliphatic rings. The van der Waals surface area contributed by atoms with Gasteiger partial charge in [-0.25, -0.2) is 13.8 Å². The van der Waals surface area contributed by atoms with E-state index in [0.717, 1.165) is 140 Å². The van der Waals surface area contributed by atoms with E-state index in [0.29, 0.717) is 64.1 Å². The molecule has 4 N–H and O–H groups in total. The van der Waals surface area contributed by atoms with E-state index in [9.17, 15) is 23.6 Å². The summed E-state index contributed by atoms with van der Waals surface area (Å²) in [5.41, 5.74) is 3.83. The fourth-order valence-corrected chi connectivity index (χ4v) is 13.0. The van der Waals surface area contributed by atoms with Gasteiger partial charge in [0.25, 0.3) is 0 Å². The molecule has 17 nitrogen and oxygen atoms in total. The Kier molecular flexibility index (Phi) is 23.9. The van der Waals surface area contributed by atoms with Gasteiger partial charge in [-0.1, -0.05) is 36.3 Å². The molecule has 9 rings (SSSR count). The zero-order valence-electron chi connectivity index (χ0n) is 48.6. The first-order valence-electron chi connectivity index (χ1n) is 29.1. The largest absolute Gasteiger partial charge is 0.400 e. The molecule has 3 amide bonds. The van der Waals surface area contributed by atoms with Crippen LogP contribution in [-0.4, -0.2) is 181 Å². The molecule has 3 aromatic carbocycles. The number of rotatable bonds is 24. The van der Waals surface area contributed by atoms with Gasteiger partial charge in [0.1, 0.15) is 29.3 Å². The van der Waals surface area contributed by atoms with Crippen LogP contribution >= 0.6 is 0 Å². The molecule has 0 saturated carbocycles. The van der Waals surface area contributed by atoms with E-state index >= 15 is 4.39 Å². The molecule has 6 unspecified atom stereocenters. The monoisotopic (exact) mass is 1130 g/mol. The summed E-state index contributed by atoms with van der Waals surface area (Å²) in [7, 11) is 7.67. The SMILES string of the molecule is C#Cc1c(F)ccc2cccc(C3=C(F)C(=NC)/C(=C(\N=C)N4CC5CCC(C4)N5)C=N3)c12.CNC(=O)CCC(C=O)N(C)c1ccc(CN2CCC(CC(CCNC=O)CCOCC3CCC4CCCN43)CC2)cc1N(C)C=O.CO. The number of hydrogen-bond donors (Lipinski definition) is 4. The van der Waals surface area contributed by atoms with Crippen molar-refractivity contribution in [1.29, 1.82) is 0 Å². The van der Waals surface area contributed by atoms with E-state index in [2.05, 4.69) is 64.3 Å². The Bertz CT molecular complexity index is 2850. The Labute approximate surface area is 483 Å². The molecule has 3 aromatic rings. The minimum atomic E-state index is -0.603. The number of aliphatic hydroxyl groups excluding tert-OH is 1. The van der Waals surface area contributed by atoms with E-state index < -0.39 is 17.7 Å². The van der Waals surface area contributed by atoms with Crippen molar-refractivity contribution in [2.24, 2.45) is 26.8 Å². The van der Waals surface area contributed by atoms with Gasteiger partial charge >= 0.3 is 0 Å². The van der Waals surface area contributed by atoms with Crippen LogP contribution in [0.25, 0.3) is 16.5 Å². The van der Waals surface area contributed by atoms with Gasteiger partial charge in [-0.2, -0.15) is 0 Å². The van der Waals surface area contributed by atoms with Gasteiger partial charge in [-0.05, 0) is 144 Å². The number of carbonyl (C=O) groups is 4. The topological polar surface area (TPSA) is 187 Å². The number of amides is 3. The normalized spacial score (nSPS) is 22.5. The van der Waals surface area contributed by atoms with E-state index in [-0.39, 0.29) is 29.3 Å². The van der Waals surface area contributed by atoms with Crippen LogP contribution in [0.2, 0.25) is 0 Å². The van der Waals surface area contributed by atoms with Crippen molar-refractivity contribution in [2.45, 2.75) is 120 Å². The second kappa shape index (κ2) is 31.1. The Balaban J connectivity index is 0.000000242. The van der Waals surface area contributed by atoms with Gasteiger partial charge in [0.15, 0.2) is 5.83 Å². The number of ether oxygens (including phenoxy) is 1. The fourth-order valence-electron chi connectivity index (χ4n) is 13.0. The molecule has 442 valence electrons. The molecule has 2 bridgehead atoms. The maximum Gasteiger partial charge on any atom is 0.219 e. The summed E-state index contributed by atoms with van der Waals surface area (Å²) in [6.07, 6.45) is 23.3. The molecule has 5 saturated heterocycles. The van der Waals surface area contributed by atoms with Gasteiger partial charge in [-0.3, -0.25) is 34.2 Å². The van der Waals surface area contributed by atoms with Crippen LogP contribution in [0.15, 0.2) is 80.7 Å². The number of piperazine rings is 1. The number of nitrogens with zero attached hydrogens (tertiary/aromatic N) is 8. The standard InChI is InChI=1S/C36H58N6O5.C26H23F2N5.CH4O/c1-37-36(46)11-9-32(24-43)40(3)34-10-6-30(22-35(34)39(2)27-45)23-41-18-13-29(14-19-41)21-28(12-16-38-26-44)15-20-47-25-33-8-7-31-5-4-17-42(31)33;1-4-18-21(27)11-8-15-6-5-7-19(22(15)18)25-23(28)24(29-2)20(12-31-25)26(30-3)33-13-16-9-10-17(14-33)32-16;1-2/h6,10,22,24,26-29,31-33H,4-5,7-9,11-21,23,25H2,1-3H3,(H,37,46)(H,38,44);1,5-8,11-12,16-17,32H,3,9-10,13-14H2,2H3;2H,1H3/b;26-20+,29-24?;. The Morgan fingerprint density at radius 3 is 2.44 bits per heavy atom. The maximum atomic E-state index is 15.9. The highest BCUT2D eigenvalue weighted by atomic mass is 19.1. The van der Waals surface area contributed by atoms with Gasteiger partial charge in [0.2, 0.25) is 18.7 Å². The number of likely N-dealkylation sites (N-methyl/N-ethyl adjacent to an activating group) is 1. The summed E-state index contributed by atoms with van der Waals surface area (Å²) in [5, 5.41) is 17.2. The molecule has 0 spiro atoms. The van der Waals surface area contributed by atoms with Gasteiger partial charge in [0, 0.05) is 116 Å². The highest BCUT2D eigenvalue weighted by Gasteiger charge is 2.37. The van der Waals surface area contributed by atoms with Crippen molar-refractivity contribution >= 4 is 71.5 Å².